The lowest BCUT2D eigenvalue weighted by Gasteiger charge is -2.18. The first kappa shape index (κ1) is 12.3. The van der Waals surface area contributed by atoms with Gasteiger partial charge >= 0.3 is 5.97 Å². The first-order valence-corrected chi connectivity index (χ1v) is 6.42. The van der Waals surface area contributed by atoms with Crippen LogP contribution in [0.5, 0.6) is 0 Å². The van der Waals surface area contributed by atoms with E-state index in [0.717, 1.165) is 18.0 Å². The molecule has 1 unspecified atom stereocenters. The van der Waals surface area contributed by atoms with Gasteiger partial charge in [0.15, 0.2) is 0 Å². The van der Waals surface area contributed by atoms with Crippen LogP contribution in [0.1, 0.15) is 32.2 Å². The summed E-state index contributed by atoms with van der Waals surface area (Å²) in [6.07, 6.45) is 2.61. The van der Waals surface area contributed by atoms with Crippen LogP contribution in [0.15, 0.2) is 5.16 Å². The minimum Gasteiger partial charge on any atom is -0.480 e. The van der Waals surface area contributed by atoms with E-state index in [1.165, 1.54) is 18.7 Å². The van der Waals surface area contributed by atoms with Gasteiger partial charge in [0, 0.05) is 5.75 Å². The normalized spacial score (nSPS) is 18.9. The minimum absolute atomic E-state index is 0.379. The Bertz CT molecular complexity index is 415. The zero-order valence-electron chi connectivity index (χ0n) is 9.54. The lowest BCUT2D eigenvalue weighted by atomic mass is 10.0. The van der Waals surface area contributed by atoms with E-state index < -0.39 is 11.5 Å². The summed E-state index contributed by atoms with van der Waals surface area (Å²) in [5.74, 6) is -0.397. The molecule has 0 saturated heterocycles. The number of tetrazole rings is 1. The van der Waals surface area contributed by atoms with Crippen LogP contribution in [-0.4, -0.2) is 42.6 Å². The molecule has 1 heterocycles. The third-order valence-electron chi connectivity index (χ3n) is 2.70. The van der Waals surface area contributed by atoms with E-state index in [2.05, 4.69) is 15.5 Å². The van der Waals surface area contributed by atoms with Crippen LogP contribution in [0.25, 0.3) is 0 Å². The van der Waals surface area contributed by atoms with Crippen molar-refractivity contribution < 1.29 is 9.90 Å². The van der Waals surface area contributed by atoms with Crippen molar-refractivity contribution in [2.45, 2.75) is 42.9 Å². The second kappa shape index (κ2) is 4.61. The van der Waals surface area contributed by atoms with Crippen molar-refractivity contribution in [1.82, 2.24) is 20.2 Å². The van der Waals surface area contributed by atoms with Gasteiger partial charge < -0.3 is 10.8 Å². The molecular formula is C9H15N5O2S. The highest BCUT2D eigenvalue weighted by molar-refractivity contribution is 7.99. The van der Waals surface area contributed by atoms with Gasteiger partial charge in [0.1, 0.15) is 5.54 Å². The number of rotatable bonds is 6. The molecule has 0 bridgehead atoms. The first-order valence-electron chi connectivity index (χ1n) is 5.43. The summed E-state index contributed by atoms with van der Waals surface area (Å²) < 4.78 is 1.80. The van der Waals surface area contributed by atoms with Gasteiger partial charge in [0.2, 0.25) is 5.16 Å². The van der Waals surface area contributed by atoms with E-state index in [0.29, 0.717) is 18.2 Å². The Kier molecular flexibility index (Phi) is 3.34. The molecule has 2 rings (SSSR count). The lowest BCUT2D eigenvalue weighted by Crippen LogP contribution is -2.45. The maximum Gasteiger partial charge on any atom is 0.323 e. The van der Waals surface area contributed by atoms with E-state index in [-0.39, 0.29) is 0 Å². The van der Waals surface area contributed by atoms with Gasteiger partial charge in [0.05, 0.1) is 6.04 Å². The van der Waals surface area contributed by atoms with Crippen molar-refractivity contribution in [1.29, 1.82) is 0 Å². The number of thioether (sulfide) groups is 1. The summed E-state index contributed by atoms with van der Waals surface area (Å²) in [4.78, 5) is 10.8. The molecule has 0 amide bonds. The van der Waals surface area contributed by atoms with E-state index in [4.69, 9.17) is 10.8 Å². The number of aliphatic carboxylic acids is 1. The SMILES string of the molecule is CC(N)(CCSc1nnnn1C1CC1)C(=O)O. The average molecular weight is 257 g/mol. The molecule has 1 fully saturated rings. The van der Waals surface area contributed by atoms with E-state index in [9.17, 15) is 4.79 Å². The number of hydrogen-bond donors (Lipinski definition) is 2. The fourth-order valence-corrected chi connectivity index (χ4v) is 2.41. The van der Waals surface area contributed by atoms with Gasteiger partial charge in [-0.1, -0.05) is 11.8 Å². The molecule has 1 aromatic rings. The van der Waals surface area contributed by atoms with E-state index in [1.807, 2.05) is 0 Å². The molecule has 1 aliphatic carbocycles. The molecule has 7 nitrogen and oxygen atoms in total. The van der Waals surface area contributed by atoms with Crippen molar-refractivity contribution >= 4 is 17.7 Å². The molecule has 1 aliphatic rings. The van der Waals surface area contributed by atoms with Crippen molar-refractivity contribution in [3.8, 4) is 0 Å². The number of carboxylic acid groups (broad SMARTS) is 1. The highest BCUT2D eigenvalue weighted by atomic mass is 32.2. The number of nitrogens with zero attached hydrogens (tertiary/aromatic N) is 4. The predicted molar refractivity (Wildman–Crippen MR) is 61.7 cm³/mol. The van der Waals surface area contributed by atoms with Gasteiger partial charge in [-0.05, 0) is 36.6 Å². The number of aromatic nitrogens is 4. The number of carbonyl (C=O) groups is 1. The molecule has 0 spiro atoms. The van der Waals surface area contributed by atoms with Crippen molar-refractivity contribution in [2.24, 2.45) is 5.73 Å². The largest absolute Gasteiger partial charge is 0.480 e. The van der Waals surface area contributed by atoms with Gasteiger partial charge in [-0.15, -0.1) is 5.10 Å². The summed E-state index contributed by atoms with van der Waals surface area (Å²) in [5, 5.41) is 21.1. The Morgan fingerprint density at radius 2 is 2.41 bits per heavy atom. The Labute approximate surface area is 103 Å². The predicted octanol–water partition coefficient (Wildman–Crippen LogP) is 0.292. The summed E-state index contributed by atoms with van der Waals surface area (Å²) in [6.45, 7) is 1.51. The Hall–Kier alpha value is -1.15. The van der Waals surface area contributed by atoms with E-state index >= 15 is 0 Å². The molecule has 1 aromatic heterocycles. The second-order valence-electron chi connectivity index (χ2n) is 4.46. The molecular weight excluding hydrogens is 242 g/mol. The van der Waals surface area contributed by atoms with Crippen molar-refractivity contribution in [2.75, 3.05) is 5.75 Å². The lowest BCUT2D eigenvalue weighted by molar-refractivity contribution is -0.142. The Morgan fingerprint density at radius 1 is 1.71 bits per heavy atom. The summed E-state index contributed by atoms with van der Waals surface area (Å²) in [6, 6.07) is 0.427. The van der Waals surface area contributed by atoms with E-state index in [1.54, 1.807) is 4.68 Å². The fraction of sp³-hybridized carbons (Fsp3) is 0.778. The van der Waals surface area contributed by atoms with Crippen LogP contribution in [0.3, 0.4) is 0 Å². The van der Waals surface area contributed by atoms with Gasteiger partial charge in [-0.2, -0.15) is 0 Å². The Balaban J connectivity index is 1.85. The highest BCUT2D eigenvalue weighted by Gasteiger charge is 2.30. The average Bonchev–Trinajstić information content (AvgIpc) is 2.99. The maximum absolute atomic E-state index is 10.8. The fourth-order valence-electron chi connectivity index (χ4n) is 1.29. The standard InChI is InChI=1S/C9H15N5O2S/c1-9(10,7(15)16)4-5-17-8-11-12-13-14(8)6-2-3-6/h6H,2-5,10H2,1H3,(H,15,16). The monoisotopic (exact) mass is 257 g/mol. The molecule has 3 N–H and O–H groups in total. The topological polar surface area (TPSA) is 107 Å². The second-order valence-corrected chi connectivity index (χ2v) is 5.52. The minimum atomic E-state index is -1.19. The van der Waals surface area contributed by atoms with Crippen molar-refractivity contribution in [3.63, 3.8) is 0 Å². The van der Waals surface area contributed by atoms with Crippen LogP contribution in [0.2, 0.25) is 0 Å². The molecule has 94 valence electrons. The summed E-state index contributed by atoms with van der Waals surface area (Å²) >= 11 is 1.45. The van der Waals surface area contributed by atoms with Gasteiger partial charge in [0.25, 0.3) is 0 Å². The number of hydrogen-bond acceptors (Lipinski definition) is 6. The zero-order valence-corrected chi connectivity index (χ0v) is 10.4. The number of nitrogens with two attached hydrogens (primary N) is 1. The van der Waals surface area contributed by atoms with Crippen LogP contribution in [0, 0.1) is 0 Å². The number of carboxylic acids is 1. The van der Waals surface area contributed by atoms with Crippen LogP contribution in [-0.2, 0) is 4.79 Å². The van der Waals surface area contributed by atoms with Crippen LogP contribution >= 0.6 is 11.8 Å². The quantitative estimate of drug-likeness (QED) is 0.705. The molecule has 0 aromatic carbocycles. The summed E-state index contributed by atoms with van der Waals surface area (Å²) in [5.41, 5.74) is 4.45. The smallest absolute Gasteiger partial charge is 0.323 e. The Morgan fingerprint density at radius 3 is 3.00 bits per heavy atom. The molecule has 1 atom stereocenters. The van der Waals surface area contributed by atoms with Gasteiger partial charge in [-0.25, -0.2) is 4.68 Å². The summed E-state index contributed by atoms with van der Waals surface area (Å²) in [7, 11) is 0. The van der Waals surface area contributed by atoms with Crippen LogP contribution in [0.4, 0.5) is 0 Å². The molecule has 8 heteroatoms. The highest BCUT2D eigenvalue weighted by Crippen LogP contribution is 2.36. The first-order chi connectivity index (χ1) is 8.00. The van der Waals surface area contributed by atoms with Gasteiger partial charge in [-0.3, -0.25) is 4.79 Å². The molecule has 0 aliphatic heterocycles. The third kappa shape index (κ3) is 2.95. The van der Waals surface area contributed by atoms with Crippen molar-refractivity contribution in [3.05, 3.63) is 0 Å². The molecule has 0 radical (unpaired) electrons. The third-order valence-corrected chi connectivity index (χ3v) is 3.63. The molecule has 17 heavy (non-hydrogen) atoms. The zero-order chi connectivity index (χ0) is 12.5. The molecule has 1 saturated carbocycles. The maximum atomic E-state index is 10.8. The van der Waals surface area contributed by atoms with Crippen LogP contribution < -0.4 is 5.73 Å².